The molecule has 0 saturated carbocycles. The molecule has 4 atom stereocenters. The Morgan fingerprint density at radius 2 is 1.81 bits per heavy atom. The van der Waals surface area contributed by atoms with Crippen LogP contribution in [0.5, 0.6) is 11.5 Å². The standard InChI is InChI=1S/C25H31FO5/c1-15(2)25(3,24(27)28)22-18(12-16-6-11-20(29-4)21(13-16)30-5)14-31-23(22)17-7-9-19(26)10-8-17/h6-11,13,15,18,22-23H,12,14H2,1-5H3,(H,27,28)/t18-,22-,23+,25?/m0/s1. The van der Waals surface area contributed by atoms with E-state index in [9.17, 15) is 14.3 Å². The Morgan fingerprint density at radius 3 is 2.35 bits per heavy atom. The molecule has 1 saturated heterocycles. The molecule has 1 N–H and O–H groups in total. The Morgan fingerprint density at radius 1 is 1.16 bits per heavy atom. The van der Waals surface area contributed by atoms with Crippen LogP contribution in [0.2, 0.25) is 0 Å². The SMILES string of the molecule is COc1ccc(C[C@H]2CO[C@H](c3ccc(F)cc3)[C@H]2C(C)(C(=O)O)C(C)C)cc1OC. The molecule has 0 aromatic heterocycles. The molecule has 0 aliphatic carbocycles. The second kappa shape index (κ2) is 9.27. The Bertz CT molecular complexity index is 911. The lowest BCUT2D eigenvalue weighted by Crippen LogP contribution is -2.45. The molecule has 1 heterocycles. The number of halogens is 1. The van der Waals surface area contributed by atoms with E-state index in [4.69, 9.17) is 14.2 Å². The van der Waals surface area contributed by atoms with Crippen LogP contribution in [0.1, 0.15) is 38.0 Å². The monoisotopic (exact) mass is 430 g/mol. The number of benzene rings is 2. The van der Waals surface area contributed by atoms with Gasteiger partial charge in [-0.3, -0.25) is 4.79 Å². The second-order valence-electron chi connectivity index (χ2n) is 8.73. The molecule has 2 aromatic carbocycles. The van der Waals surface area contributed by atoms with Gasteiger partial charge in [0.05, 0.1) is 32.3 Å². The van der Waals surface area contributed by atoms with E-state index in [-0.39, 0.29) is 23.6 Å². The molecular weight excluding hydrogens is 399 g/mol. The molecule has 31 heavy (non-hydrogen) atoms. The predicted molar refractivity (Wildman–Crippen MR) is 116 cm³/mol. The number of carbonyl (C=O) groups is 1. The smallest absolute Gasteiger partial charge is 0.310 e. The van der Waals surface area contributed by atoms with Gasteiger partial charge in [0.25, 0.3) is 0 Å². The van der Waals surface area contributed by atoms with Gasteiger partial charge < -0.3 is 19.3 Å². The van der Waals surface area contributed by atoms with Gasteiger partial charge >= 0.3 is 5.97 Å². The largest absolute Gasteiger partial charge is 0.493 e. The van der Waals surface area contributed by atoms with E-state index in [1.54, 1.807) is 33.3 Å². The van der Waals surface area contributed by atoms with Crippen LogP contribution in [0, 0.1) is 29.0 Å². The summed E-state index contributed by atoms with van der Waals surface area (Å²) >= 11 is 0. The Labute approximate surface area is 183 Å². The summed E-state index contributed by atoms with van der Waals surface area (Å²) < 4.78 is 30.4. The van der Waals surface area contributed by atoms with Gasteiger partial charge in [-0.2, -0.15) is 0 Å². The highest BCUT2D eigenvalue weighted by atomic mass is 19.1. The van der Waals surface area contributed by atoms with Crippen LogP contribution in [0.4, 0.5) is 4.39 Å². The molecule has 5 nitrogen and oxygen atoms in total. The molecule has 0 spiro atoms. The summed E-state index contributed by atoms with van der Waals surface area (Å²) in [6.45, 7) is 6.09. The minimum atomic E-state index is -1.02. The van der Waals surface area contributed by atoms with Gasteiger partial charge in [0, 0.05) is 5.92 Å². The molecule has 0 radical (unpaired) electrons. The number of carboxylic acids is 1. The quantitative estimate of drug-likeness (QED) is 0.629. The normalized spacial score (nSPS) is 22.9. The maximum Gasteiger partial charge on any atom is 0.310 e. The lowest BCUT2D eigenvalue weighted by Gasteiger charge is -2.40. The van der Waals surface area contributed by atoms with Crippen molar-refractivity contribution in [2.24, 2.45) is 23.2 Å². The molecule has 1 aliphatic heterocycles. The summed E-state index contributed by atoms with van der Waals surface area (Å²) in [7, 11) is 3.18. The summed E-state index contributed by atoms with van der Waals surface area (Å²) in [5, 5.41) is 10.3. The molecule has 0 bridgehead atoms. The summed E-state index contributed by atoms with van der Waals surface area (Å²) in [5.41, 5.74) is 0.804. The summed E-state index contributed by atoms with van der Waals surface area (Å²) in [6.07, 6.45) is 0.215. The van der Waals surface area contributed by atoms with Gasteiger partial charge in [0.1, 0.15) is 5.82 Å². The average molecular weight is 431 g/mol. The average Bonchev–Trinajstić information content (AvgIpc) is 3.16. The molecule has 168 valence electrons. The van der Waals surface area contributed by atoms with E-state index in [2.05, 4.69) is 0 Å². The number of hydrogen-bond acceptors (Lipinski definition) is 4. The molecule has 0 amide bonds. The van der Waals surface area contributed by atoms with Crippen molar-refractivity contribution in [2.75, 3.05) is 20.8 Å². The van der Waals surface area contributed by atoms with Crippen LogP contribution >= 0.6 is 0 Å². The Balaban J connectivity index is 2.00. The third-order valence-electron chi connectivity index (χ3n) is 6.82. The fraction of sp³-hybridized carbons (Fsp3) is 0.480. The molecule has 2 aromatic rings. The van der Waals surface area contributed by atoms with Gasteiger partial charge in [-0.25, -0.2) is 4.39 Å². The van der Waals surface area contributed by atoms with Crippen LogP contribution in [0.15, 0.2) is 42.5 Å². The fourth-order valence-corrected chi connectivity index (χ4v) is 4.71. The number of aliphatic carboxylic acids is 1. The van der Waals surface area contributed by atoms with Gasteiger partial charge in [-0.1, -0.05) is 32.0 Å². The van der Waals surface area contributed by atoms with Crippen molar-refractivity contribution in [3.63, 3.8) is 0 Å². The van der Waals surface area contributed by atoms with E-state index in [0.29, 0.717) is 24.5 Å². The van der Waals surface area contributed by atoms with Gasteiger partial charge in [0.15, 0.2) is 11.5 Å². The highest BCUT2D eigenvalue weighted by Gasteiger charge is 2.54. The number of carboxylic acid groups (broad SMARTS) is 1. The van der Waals surface area contributed by atoms with Crippen molar-refractivity contribution in [1.82, 2.24) is 0 Å². The second-order valence-corrected chi connectivity index (χ2v) is 8.73. The van der Waals surface area contributed by atoms with Crippen molar-refractivity contribution >= 4 is 5.97 Å². The van der Waals surface area contributed by atoms with Crippen LogP contribution in [0.25, 0.3) is 0 Å². The van der Waals surface area contributed by atoms with E-state index >= 15 is 0 Å². The molecule has 1 unspecified atom stereocenters. The van der Waals surface area contributed by atoms with Crippen molar-refractivity contribution < 1.29 is 28.5 Å². The molecule has 6 heteroatoms. The number of ether oxygens (including phenoxy) is 3. The Hall–Kier alpha value is -2.60. The maximum atomic E-state index is 13.5. The predicted octanol–water partition coefficient (Wildman–Crippen LogP) is 5.14. The molecule has 3 rings (SSSR count). The number of rotatable bonds is 8. The minimum absolute atomic E-state index is 0.0309. The minimum Gasteiger partial charge on any atom is -0.493 e. The maximum absolute atomic E-state index is 13.5. The molecular formula is C25H31FO5. The van der Waals surface area contributed by atoms with Crippen LogP contribution < -0.4 is 9.47 Å². The van der Waals surface area contributed by atoms with E-state index in [1.165, 1.54) is 12.1 Å². The van der Waals surface area contributed by atoms with Crippen LogP contribution in [0.3, 0.4) is 0 Å². The zero-order valence-electron chi connectivity index (χ0n) is 18.7. The van der Waals surface area contributed by atoms with Gasteiger partial charge in [0.2, 0.25) is 0 Å². The summed E-state index contributed by atoms with van der Waals surface area (Å²) in [6, 6.07) is 11.9. The highest BCUT2D eigenvalue weighted by molar-refractivity contribution is 5.75. The van der Waals surface area contributed by atoms with Crippen molar-refractivity contribution in [3.8, 4) is 11.5 Å². The third kappa shape index (κ3) is 4.40. The first-order chi connectivity index (χ1) is 14.7. The number of hydrogen-bond donors (Lipinski definition) is 1. The van der Waals surface area contributed by atoms with Crippen LogP contribution in [-0.4, -0.2) is 31.9 Å². The summed E-state index contributed by atoms with van der Waals surface area (Å²) in [4.78, 5) is 12.5. The van der Waals surface area contributed by atoms with E-state index in [0.717, 1.165) is 11.1 Å². The Kier molecular flexibility index (Phi) is 6.90. The summed E-state index contributed by atoms with van der Waals surface area (Å²) in [5.74, 6) is -0.331. The first kappa shape index (κ1) is 23.1. The first-order valence-electron chi connectivity index (χ1n) is 10.5. The van der Waals surface area contributed by atoms with Gasteiger partial charge in [-0.15, -0.1) is 0 Å². The van der Waals surface area contributed by atoms with Gasteiger partial charge in [-0.05, 0) is 60.6 Å². The van der Waals surface area contributed by atoms with E-state index in [1.807, 2.05) is 32.0 Å². The zero-order valence-corrected chi connectivity index (χ0v) is 18.7. The zero-order chi connectivity index (χ0) is 22.8. The lowest BCUT2D eigenvalue weighted by molar-refractivity contribution is -0.158. The highest BCUT2D eigenvalue weighted by Crippen LogP contribution is 2.53. The topological polar surface area (TPSA) is 65.0 Å². The lowest BCUT2D eigenvalue weighted by atomic mass is 9.61. The van der Waals surface area contributed by atoms with Crippen molar-refractivity contribution in [2.45, 2.75) is 33.3 Å². The fourth-order valence-electron chi connectivity index (χ4n) is 4.71. The van der Waals surface area contributed by atoms with Crippen molar-refractivity contribution in [3.05, 3.63) is 59.4 Å². The first-order valence-corrected chi connectivity index (χ1v) is 10.5. The van der Waals surface area contributed by atoms with Crippen molar-refractivity contribution in [1.29, 1.82) is 0 Å². The van der Waals surface area contributed by atoms with Crippen LogP contribution in [-0.2, 0) is 16.0 Å². The number of methoxy groups -OCH3 is 2. The molecule has 1 fully saturated rings. The third-order valence-corrected chi connectivity index (χ3v) is 6.82. The molecule has 1 aliphatic rings. The van der Waals surface area contributed by atoms with E-state index < -0.39 is 17.5 Å².